The zero-order valence-electron chi connectivity index (χ0n) is 7.61. The minimum Gasteiger partial charge on any atom is -0.309 e. The predicted octanol–water partition coefficient (Wildman–Crippen LogP) is 0.0230. The average Bonchev–Trinajstić information content (AvgIpc) is 2.18. The summed E-state index contributed by atoms with van der Waals surface area (Å²) in [5.74, 6) is 0.184. The number of rotatable bonds is 3. The number of anilines is 1. The zero-order chi connectivity index (χ0) is 9.68. The maximum absolute atomic E-state index is 11.3. The second kappa shape index (κ2) is 4.51. The Morgan fingerprint density at radius 2 is 2.08 bits per heavy atom. The fourth-order valence-corrected chi connectivity index (χ4v) is 0.713. The van der Waals surface area contributed by atoms with Crippen LogP contribution < -0.4 is 10.6 Å². The fraction of sp³-hybridized carbons (Fsp3) is 0.375. The lowest BCUT2D eigenvalue weighted by molar-refractivity contribution is -0.117. The van der Waals surface area contributed by atoms with Gasteiger partial charge in [0.2, 0.25) is 11.9 Å². The van der Waals surface area contributed by atoms with Gasteiger partial charge >= 0.3 is 0 Å². The molecule has 1 amide bonds. The van der Waals surface area contributed by atoms with E-state index in [1.807, 2.05) is 0 Å². The first-order chi connectivity index (χ1) is 6.24. The molecule has 0 spiro atoms. The zero-order valence-corrected chi connectivity index (χ0v) is 7.61. The molecule has 1 heterocycles. The van der Waals surface area contributed by atoms with Crippen LogP contribution in [0.25, 0.3) is 0 Å². The van der Waals surface area contributed by atoms with E-state index < -0.39 is 0 Å². The van der Waals surface area contributed by atoms with E-state index in [-0.39, 0.29) is 11.9 Å². The van der Waals surface area contributed by atoms with E-state index in [9.17, 15) is 4.79 Å². The highest BCUT2D eigenvalue weighted by molar-refractivity contribution is 5.92. The first-order valence-corrected chi connectivity index (χ1v) is 3.99. The highest BCUT2D eigenvalue weighted by atomic mass is 16.2. The molecule has 0 aromatic carbocycles. The number of nitrogens with one attached hydrogen (secondary N) is 2. The van der Waals surface area contributed by atoms with Gasteiger partial charge in [-0.3, -0.25) is 10.1 Å². The van der Waals surface area contributed by atoms with E-state index >= 15 is 0 Å². The second-order valence-corrected chi connectivity index (χ2v) is 2.57. The summed E-state index contributed by atoms with van der Waals surface area (Å²) in [5.41, 5.74) is 0. The van der Waals surface area contributed by atoms with Crippen molar-refractivity contribution >= 4 is 11.9 Å². The van der Waals surface area contributed by atoms with E-state index in [1.165, 1.54) is 0 Å². The molecular weight excluding hydrogens is 168 g/mol. The van der Waals surface area contributed by atoms with Crippen LogP contribution in [-0.2, 0) is 4.79 Å². The van der Waals surface area contributed by atoms with Crippen molar-refractivity contribution in [2.75, 3.05) is 12.4 Å². The third kappa shape index (κ3) is 2.79. The van der Waals surface area contributed by atoms with Crippen LogP contribution in [0.1, 0.15) is 6.92 Å². The Morgan fingerprint density at radius 1 is 1.46 bits per heavy atom. The van der Waals surface area contributed by atoms with E-state index in [2.05, 4.69) is 20.6 Å². The largest absolute Gasteiger partial charge is 0.309 e. The molecule has 0 fully saturated rings. The number of likely N-dealkylation sites (N-methyl/N-ethyl adjacent to an activating group) is 1. The monoisotopic (exact) mass is 180 g/mol. The summed E-state index contributed by atoms with van der Waals surface area (Å²) in [6.07, 6.45) is 3.15. The summed E-state index contributed by atoms with van der Waals surface area (Å²) >= 11 is 0. The summed E-state index contributed by atoms with van der Waals surface area (Å²) in [5, 5.41) is 5.39. The van der Waals surface area contributed by atoms with E-state index in [0.29, 0.717) is 5.95 Å². The Morgan fingerprint density at radius 3 is 2.62 bits per heavy atom. The van der Waals surface area contributed by atoms with Gasteiger partial charge in [0.25, 0.3) is 0 Å². The lowest BCUT2D eigenvalue weighted by Gasteiger charge is -2.08. The van der Waals surface area contributed by atoms with Gasteiger partial charge in [-0.2, -0.15) is 0 Å². The molecule has 0 saturated carbocycles. The molecule has 13 heavy (non-hydrogen) atoms. The third-order valence-electron chi connectivity index (χ3n) is 1.63. The van der Waals surface area contributed by atoms with E-state index in [1.54, 1.807) is 32.4 Å². The van der Waals surface area contributed by atoms with Gasteiger partial charge in [-0.25, -0.2) is 9.97 Å². The Kier molecular flexibility index (Phi) is 3.33. The average molecular weight is 180 g/mol. The molecule has 70 valence electrons. The maximum atomic E-state index is 11.3. The van der Waals surface area contributed by atoms with Crippen LogP contribution in [-0.4, -0.2) is 29.0 Å². The highest BCUT2D eigenvalue weighted by Gasteiger charge is 2.10. The normalized spacial score (nSPS) is 12.2. The van der Waals surface area contributed by atoms with Crippen molar-refractivity contribution in [2.45, 2.75) is 13.0 Å². The molecule has 1 rings (SSSR count). The highest BCUT2D eigenvalue weighted by Crippen LogP contribution is 1.95. The molecule has 0 aliphatic rings. The van der Waals surface area contributed by atoms with Crippen LogP contribution in [0.3, 0.4) is 0 Å². The Balaban J connectivity index is 2.55. The molecule has 0 aliphatic carbocycles. The minimum absolute atomic E-state index is 0.145. The van der Waals surface area contributed by atoms with Crippen LogP contribution in [0.5, 0.6) is 0 Å². The number of nitrogens with zero attached hydrogens (tertiary/aromatic N) is 2. The summed E-state index contributed by atoms with van der Waals surface area (Å²) in [6.45, 7) is 1.76. The first kappa shape index (κ1) is 9.60. The smallest absolute Gasteiger partial charge is 0.243 e. The summed E-state index contributed by atoms with van der Waals surface area (Å²) in [6, 6.07) is 1.45. The lowest BCUT2D eigenvalue weighted by Crippen LogP contribution is -2.35. The van der Waals surface area contributed by atoms with E-state index in [4.69, 9.17) is 0 Å². The molecular formula is C8H12N4O. The maximum Gasteiger partial charge on any atom is 0.243 e. The van der Waals surface area contributed by atoms with Gasteiger partial charge in [0.05, 0.1) is 6.04 Å². The number of hydrogen-bond acceptors (Lipinski definition) is 4. The number of hydrogen-bond donors (Lipinski definition) is 2. The summed E-state index contributed by atoms with van der Waals surface area (Å²) < 4.78 is 0. The van der Waals surface area contributed by atoms with Crippen molar-refractivity contribution in [3.8, 4) is 0 Å². The van der Waals surface area contributed by atoms with Gasteiger partial charge < -0.3 is 5.32 Å². The van der Waals surface area contributed by atoms with Crippen LogP contribution in [0.4, 0.5) is 5.95 Å². The van der Waals surface area contributed by atoms with Crippen LogP contribution in [0, 0.1) is 0 Å². The van der Waals surface area contributed by atoms with Crippen LogP contribution in [0.15, 0.2) is 18.5 Å². The van der Waals surface area contributed by atoms with Gasteiger partial charge in [0, 0.05) is 12.4 Å². The van der Waals surface area contributed by atoms with Gasteiger partial charge in [0.1, 0.15) is 0 Å². The molecule has 1 atom stereocenters. The molecule has 1 aromatic rings. The quantitative estimate of drug-likeness (QED) is 0.688. The molecule has 0 radical (unpaired) electrons. The van der Waals surface area contributed by atoms with Crippen molar-refractivity contribution in [3.05, 3.63) is 18.5 Å². The Labute approximate surface area is 76.6 Å². The van der Waals surface area contributed by atoms with Crippen LogP contribution >= 0.6 is 0 Å². The molecule has 2 N–H and O–H groups in total. The van der Waals surface area contributed by atoms with E-state index in [0.717, 1.165) is 0 Å². The molecule has 0 aliphatic heterocycles. The summed E-state index contributed by atoms with van der Waals surface area (Å²) in [4.78, 5) is 19.0. The molecule has 5 heteroatoms. The number of amides is 1. The predicted molar refractivity (Wildman–Crippen MR) is 49.2 cm³/mol. The van der Waals surface area contributed by atoms with Crippen molar-refractivity contribution in [1.29, 1.82) is 0 Å². The first-order valence-electron chi connectivity index (χ1n) is 3.99. The molecule has 5 nitrogen and oxygen atoms in total. The van der Waals surface area contributed by atoms with Gasteiger partial charge in [-0.05, 0) is 20.0 Å². The molecule has 0 unspecified atom stereocenters. The SMILES string of the molecule is CN[C@@H](C)C(=O)Nc1ncccn1. The third-order valence-corrected chi connectivity index (χ3v) is 1.63. The van der Waals surface area contributed by atoms with Gasteiger partial charge in [-0.15, -0.1) is 0 Å². The second-order valence-electron chi connectivity index (χ2n) is 2.57. The lowest BCUT2D eigenvalue weighted by atomic mass is 10.3. The standard InChI is InChI=1S/C8H12N4O/c1-6(9-2)7(13)12-8-10-4-3-5-11-8/h3-6,9H,1-2H3,(H,10,11,12,13)/t6-/m0/s1. The van der Waals surface area contributed by atoms with Crippen molar-refractivity contribution < 1.29 is 4.79 Å². The van der Waals surface area contributed by atoms with Crippen molar-refractivity contribution in [1.82, 2.24) is 15.3 Å². The van der Waals surface area contributed by atoms with Gasteiger partial charge in [-0.1, -0.05) is 0 Å². The fourth-order valence-electron chi connectivity index (χ4n) is 0.713. The molecule has 1 aromatic heterocycles. The number of carbonyl (C=O) groups is 1. The molecule has 0 bridgehead atoms. The van der Waals surface area contributed by atoms with Crippen molar-refractivity contribution in [2.24, 2.45) is 0 Å². The minimum atomic E-state index is -0.246. The number of aromatic nitrogens is 2. The molecule has 0 saturated heterocycles. The Bertz CT molecular complexity index is 275. The topological polar surface area (TPSA) is 66.9 Å². The Hall–Kier alpha value is -1.49. The van der Waals surface area contributed by atoms with Crippen LogP contribution in [0.2, 0.25) is 0 Å². The number of carbonyl (C=O) groups excluding carboxylic acids is 1. The summed E-state index contributed by atoms with van der Waals surface area (Å²) in [7, 11) is 1.72. The van der Waals surface area contributed by atoms with Gasteiger partial charge in [0.15, 0.2) is 0 Å². The van der Waals surface area contributed by atoms with Crippen molar-refractivity contribution in [3.63, 3.8) is 0 Å².